The summed E-state index contributed by atoms with van der Waals surface area (Å²) in [5.74, 6) is 1.71. The van der Waals surface area contributed by atoms with Gasteiger partial charge in [-0.3, -0.25) is 0 Å². The number of nitrogen functional groups attached to an aromatic ring is 1. The molecule has 21 heavy (non-hydrogen) atoms. The van der Waals surface area contributed by atoms with Crippen LogP contribution in [-0.4, -0.2) is 7.11 Å². The Morgan fingerprint density at radius 2 is 1.76 bits per heavy atom. The van der Waals surface area contributed by atoms with Crippen molar-refractivity contribution in [1.29, 1.82) is 0 Å². The minimum absolute atomic E-state index is 0.0217. The zero-order chi connectivity index (χ0) is 15.5. The molecule has 2 aromatic carbocycles. The summed E-state index contributed by atoms with van der Waals surface area (Å²) < 4.78 is 11.3. The summed E-state index contributed by atoms with van der Waals surface area (Å²) in [5, 5.41) is 0. The smallest absolute Gasteiger partial charge is 0.123 e. The normalized spacial score (nSPS) is 11.2. The lowest BCUT2D eigenvalue weighted by Crippen LogP contribution is -2.14. The Balaban J connectivity index is 2.26. The van der Waals surface area contributed by atoms with Gasteiger partial charge in [0.05, 0.1) is 7.11 Å². The highest BCUT2D eigenvalue weighted by molar-refractivity contribution is 5.47. The third kappa shape index (κ3) is 3.69. The van der Waals surface area contributed by atoms with Crippen molar-refractivity contribution in [2.45, 2.75) is 32.8 Å². The molecule has 2 rings (SSSR count). The van der Waals surface area contributed by atoms with E-state index in [9.17, 15) is 0 Å². The van der Waals surface area contributed by atoms with Gasteiger partial charge in [0, 0.05) is 16.8 Å². The number of methoxy groups -OCH3 is 1. The number of ether oxygens (including phenoxy) is 2. The lowest BCUT2D eigenvalue weighted by atomic mass is 9.86. The lowest BCUT2D eigenvalue weighted by Gasteiger charge is -2.23. The van der Waals surface area contributed by atoms with Crippen LogP contribution < -0.4 is 15.2 Å². The number of hydrogen-bond acceptors (Lipinski definition) is 3. The van der Waals surface area contributed by atoms with E-state index >= 15 is 0 Å². The van der Waals surface area contributed by atoms with Gasteiger partial charge in [0.2, 0.25) is 0 Å². The average Bonchev–Trinajstić information content (AvgIpc) is 2.45. The number of para-hydroxylation sites is 1. The molecule has 3 heteroatoms. The fraction of sp³-hybridized carbons (Fsp3) is 0.333. The Hall–Kier alpha value is -2.16. The molecule has 0 spiro atoms. The third-order valence-electron chi connectivity index (χ3n) is 3.43. The molecule has 112 valence electrons. The molecule has 0 bridgehead atoms. The van der Waals surface area contributed by atoms with Crippen LogP contribution in [0, 0.1) is 0 Å². The molecule has 0 fully saturated rings. The van der Waals surface area contributed by atoms with Gasteiger partial charge in [0.25, 0.3) is 0 Å². The van der Waals surface area contributed by atoms with Crippen LogP contribution in [0.15, 0.2) is 42.5 Å². The summed E-state index contributed by atoms with van der Waals surface area (Å²) in [4.78, 5) is 0. The summed E-state index contributed by atoms with van der Waals surface area (Å²) in [5.41, 5.74) is 8.80. The highest BCUT2D eigenvalue weighted by atomic mass is 16.5. The summed E-state index contributed by atoms with van der Waals surface area (Å²) >= 11 is 0. The van der Waals surface area contributed by atoms with Gasteiger partial charge in [-0.05, 0) is 29.7 Å². The van der Waals surface area contributed by atoms with Crippen molar-refractivity contribution in [2.24, 2.45) is 0 Å². The van der Waals surface area contributed by atoms with E-state index in [-0.39, 0.29) is 5.41 Å². The number of rotatable bonds is 4. The summed E-state index contributed by atoms with van der Waals surface area (Å²) in [6, 6.07) is 13.7. The van der Waals surface area contributed by atoms with Gasteiger partial charge in [-0.15, -0.1) is 0 Å². The van der Waals surface area contributed by atoms with Crippen molar-refractivity contribution in [2.75, 3.05) is 12.8 Å². The monoisotopic (exact) mass is 285 g/mol. The Kier molecular flexibility index (Phi) is 4.41. The largest absolute Gasteiger partial charge is 0.497 e. The van der Waals surface area contributed by atoms with Gasteiger partial charge in [-0.2, -0.15) is 0 Å². The Morgan fingerprint density at radius 3 is 2.38 bits per heavy atom. The van der Waals surface area contributed by atoms with Crippen molar-refractivity contribution >= 4 is 5.69 Å². The minimum atomic E-state index is -0.0217. The number of hydrogen-bond donors (Lipinski definition) is 1. The van der Waals surface area contributed by atoms with Gasteiger partial charge in [-0.25, -0.2) is 0 Å². The van der Waals surface area contributed by atoms with Crippen LogP contribution in [-0.2, 0) is 12.0 Å². The molecule has 0 saturated carbocycles. The molecule has 0 aliphatic carbocycles. The first-order valence-electron chi connectivity index (χ1n) is 7.06. The number of nitrogens with two attached hydrogens (primary N) is 1. The molecule has 0 radical (unpaired) electrons. The molecule has 3 nitrogen and oxygen atoms in total. The van der Waals surface area contributed by atoms with Gasteiger partial charge in [0.15, 0.2) is 0 Å². The lowest BCUT2D eigenvalue weighted by molar-refractivity contribution is 0.297. The Labute approximate surface area is 126 Å². The molecule has 0 unspecified atom stereocenters. The zero-order valence-electron chi connectivity index (χ0n) is 13.1. The molecule has 0 aliphatic rings. The summed E-state index contributed by atoms with van der Waals surface area (Å²) in [6.45, 7) is 6.94. The summed E-state index contributed by atoms with van der Waals surface area (Å²) in [6.07, 6.45) is 0. The number of benzene rings is 2. The van der Waals surface area contributed by atoms with Crippen LogP contribution >= 0.6 is 0 Å². The average molecular weight is 285 g/mol. The summed E-state index contributed by atoms with van der Waals surface area (Å²) in [7, 11) is 1.67. The second-order valence-corrected chi connectivity index (χ2v) is 6.10. The highest BCUT2D eigenvalue weighted by Gasteiger charge is 2.20. The molecule has 0 heterocycles. The third-order valence-corrected chi connectivity index (χ3v) is 3.43. The SMILES string of the molecule is COc1ccc(OCc2ccccc2N)c(C(C)(C)C)c1. The second-order valence-electron chi connectivity index (χ2n) is 6.10. The van der Waals surface area contributed by atoms with E-state index in [2.05, 4.69) is 20.8 Å². The van der Waals surface area contributed by atoms with Crippen LogP contribution in [0.3, 0.4) is 0 Å². The van der Waals surface area contributed by atoms with E-state index in [1.165, 1.54) is 0 Å². The van der Waals surface area contributed by atoms with Gasteiger partial charge in [-0.1, -0.05) is 39.0 Å². The highest BCUT2D eigenvalue weighted by Crippen LogP contribution is 2.34. The molecule has 0 aromatic heterocycles. The molecule has 0 saturated heterocycles. The standard InChI is InChI=1S/C18H23NO2/c1-18(2,3)15-11-14(20-4)9-10-17(15)21-12-13-7-5-6-8-16(13)19/h5-11H,12,19H2,1-4H3. The first-order chi connectivity index (χ1) is 9.91. The van der Waals surface area contributed by atoms with Crippen molar-refractivity contribution in [3.8, 4) is 11.5 Å². The first-order valence-corrected chi connectivity index (χ1v) is 7.06. The van der Waals surface area contributed by atoms with E-state index < -0.39 is 0 Å². The fourth-order valence-corrected chi connectivity index (χ4v) is 2.17. The number of anilines is 1. The van der Waals surface area contributed by atoms with E-state index in [1.54, 1.807) is 7.11 Å². The topological polar surface area (TPSA) is 44.5 Å². The maximum absolute atomic E-state index is 5.99. The van der Waals surface area contributed by atoms with E-state index in [4.69, 9.17) is 15.2 Å². The van der Waals surface area contributed by atoms with Crippen molar-refractivity contribution in [3.05, 3.63) is 53.6 Å². The molecule has 0 amide bonds. The maximum atomic E-state index is 5.99. The Bertz CT molecular complexity index is 615. The molecule has 0 atom stereocenters. The Morgan fingerprint density at radius 1 is 1.05 bits per heavy atom. The minimum Gasteiger partial charge on any atom is -0.497 e. The van der Waals surface area contributed by atoms with Crippen LogP contribution in [0.5, 0.6) is 11.5 Å². The molecule has 2 N–H and O–H groups in total. The van der Waals surface area contributed by atoms with Gasteiger partial charge >= 0.3 is 0 Å². The van der Waals surface area contributed by atoms with Crippen molar-refractivity contribution in [3.63, 3.8) is 0 Å². The maximum Gasteiger partial charge on any atom is 0.123 e. The quantitative estimate of drug-likeness (QED) is 0.858. The van der Waals surface area contributed by atoms with Crippen LogP contribution in [0.1, 0.15) is 31.9 Å². The first kappa shape index (κ1) is 15.2. The molecule has 2 aromatic rings. The van der Waals surface area contributed by atoms with Crippen LogP contribution in [0.4, 0.5) is 5.69 Å². The van der Waals surface area contributed by atoms with E-state index in [0.717, 1.165) is 28.3 Å². The predicted molar refractivity (Wildman–Crippen MR) is 86.9 cm³/mol. The molecular formula is C18H23NO2. The predicted octanol–water partition coefficient (Wildman–Crippen LogP) is 4.15. The van der Waals surface area contributed by atoms with Crippen molar-refractivity contribution in [1.82, 2.24) is 0 Å². The van der Waals surface area contributed by atoms with E-state index in [1.807, 2.05) is 42.5 Å². The van der Waals surface area contributed by atoms with Crippen LogP contribution in [0.25, 0.3) is 0 Å². The fourth-order valence-electron chi connectivity index (χ4n) is 2.17. The van der Waals surface area contributed by atoms with Gasteiger partial charge in [0.1, 0.15) is 18.1 Å². The molecular weight excluding hydrogens is 262 g/mol. The second kappa shape index (κ2) is 6.08. The zero-order valence-corrected chi connectivity index (χ0v) is 13.1. The molecule has 0 aliphatic heterocycles. The van der Waals surface area contributed by atoms with Crippen LogP contribution in [0.2, 0.25) is 0 Å². The van der Waals surface area contributed by atoms with Gasteiger partial charge < -0.3 is 15.2 Å². The van der Waals surface area contributed by atoms with E-state index in [0.29, 0.717) is 6.61 Å². The van der Waals surface area contributed by atoms with Crippen molar-refractivity contribution < 1.29 is 9.47 Å².